The Bertz CT molecular complexity index is 946. The molecule has 0 radical (unpaired) electrons. The number of quaternary nitrogens is 1. The number of Topliss-reactive ketones (excluding diaryl/α,β-unsaturated/α-hetero) is 1. The van der Waals surface area contributed by atoms with E-state index in [9.17, 15) is 9.59 Å². The van der Waals surface area contributed by atoms with Crippen LogP contribution in [0.2, 0.25) is 0 Å². The molecule has 2 heterocycles. The SMILES string of the molecule is CCOC(=O)c1c(C)[nH]c(C)c1C(=O)C[NH2+][C@H](c1ccccc1)c1cccs1. The Hall–Kier alpha value is -2.70. The predicted octanol–water partition coefficient (Wildman–Crippen LogP) is 3.41. The number of aryl methyl sites for hydroxylation is 2. The van der Waals surface area contributed by atoms with Gasteiger partial charge in [0.1, 0.15) is 12.6 Å². The topological polar surface area (TPSA) is 75.8 Å². The first-order chi connectivity index (χ1) is 13.5. The number of hydrogen-bond acceptors (Lipinski definition) is 4. The number of ketones is 1. The molecule has 5 nitrogen and oxygen atoms in total. The summed E-state index contributed by atoms with van der Waals surface area (Å²) in [6.07, 6.45) is 0. The number of benzene rings is 1. The Labute approximate surface area is 168 Å². The number of ether oxygens (including phenoxy) is 1. The highest BCUT2D eigenvalue weighted by molar-refractivity contribution is 7.10. The average molecular weight is 398 g/mol. The number of aromatic nitrogens is 1. The molecule has 1 aromatic carbocycles. The van der Waals surface area contributed by atoms with Crippen LogP contribution >= 0.6 is 11.3 Å². The molecule has 0 aliphatic carbocycles. The van der Waals surface area contributed by atoms with E-state index in [2.05, 4.69) is 23.2 Å². The Balaban J connectivity index is 1.84. The Morgan fingerprint density at radius 3 is 2.43 bits per heavy atom. The van der Waals surface area contributed by atoms with Gasteiger partial charge in [-0.3, -0.25) is 4.79 Å². The van der Waals surface area contributed by atoms with Gasteiger partial charge in [0.05, 0.1) is 22.6 Å². The Morgan fingerprint density at radius 2 is 1.79 bits per heavy atom. The van der Waals surface area contributed by atoms with E-state index in [0.29, 0.717) is 22.5 Å². The summed E-state index contributed by atoms with van der Waals surface area (Å²) in [4.78, 5) is 29.7. The monoisotopic (exact) mass is 397 g/mol. The summed E-state index contributed by atoms with van der Waals surface area (Å²) >= 11 is 1.67. The number of carbonyl (C=O) groups excluding carboxylic acids is 2. The molecule has 0 bridgehead atoms. The maximum atomic E-state index is 13.1. The third-order valence-corrected chi connectivity index (χ3v) is 5.64. The molecule has 0 aliphatic heterocycles. The number of thiophene rings is 1. The maximum Gasteiger partial charge on any atom is 0.340 e. The van der Waals surface area contributed by atoms with E-state index in [0.717, 1.165) is 5.56 Å². The van der Waals surface area contributed by atoms with Crippen molar-refractivity contribution in [2.24, 2.45) is 0 Å². The molecule has 0 aliphatic rings. The highest BCUT2D eigenvalue weighted by Gasteiger charge is 2.27. The summed E-state index contributed by atoms with van der Waals surface area (Å²) in [5.41, 5.74) is 3.30. The van der Waals surface area contributed by atoms with E-state index in [-0.39, 0.29) is 25.0 Å². The minimum Gasteiger partial charge on any atom is -0.462 e. The molecule has 6 heteroatoms. The summed E-state index contributed by atoms with van der Waals surface area (Å²) < 4.78 is 5.15. The van der Waals surface area contributed by atoms with Crippen LogP contribution in [0.5, 0.6) is 0 Å². The van der Waals surface area contributed by atoms with Gasteiger partial charge in [0.15, 0.2) is 0 Å². The quantitative estimate of drug-likeness (QED) is 0.452. The number of hydrogen-bond donors (Lipinski definition) is 2. The van der Waals surface area contributed by atoms with Gasteiger partial charge < -0.3 is 15.0 Å². The number of esters is 1. The summed E-state index contributed by atoms with van der Waals surface area (Å²) in [5, 5.41) is 4.07. The number of nitrogens with one attached hydrogen (secondary N) is 1. The van der Waals surface area contributed by atoms with Gasteiger partial charge >= 0.3 is 5.97 Å². The van der Waals surface area contributed by atoms with Crippen molar-refractivity contribution in [1.82, 2.24) is 4.98 Å². The molecule has 3 N–H and O–H groups in total. The molecule has 0 fully saturated rings. The van der Waals surface area contributed by atoms with Crippen LogP contribution in [0.4, 0.5) is 0 Å². The fourth-order valence-electron chi connectivity index (χ4n) is 3.46. The molecule has 3 aromatic rings. The lowest BCUT2D eigenvalue weighted by molar-refractivity contribution is -0.675. The van der Waals surface area contributed by atoms with Gasteiger partial charge in [-0.25, -0.2) is 4.79 Å². The molecular formula is C22H25N2O3S+. The van der Waals surface area contributed by atoms with E-state index < -0.39 is 5.97 Å². The minimum absolute atomic E-state index is 0.0385. The van der Waals surface area contributed by atoms with Crippen LogP contribution < -0.4 is 5.32 Å². The normalized spacial score (nSPS) is 12.0. The zero-order valence-corrected chi connectivity index (χ0v) is 17.1. The second-order valence-electron chi connectivity index (χ2n) is 6.61. The lowest BCUT2D eigenvalue weighted by Crippen LogP contribution is -2.87. The third kappa shape index (κ3) is 4.24. The van der Waals surface area contributed by atoms with Gasteiger partial charge in [0, 0.05) is 17.0 Å². The fourth-order valence-corrected chi connectivity index (χ4v) is 4.31. The fraction of sp³-hybridized carbons (Fsp3) is 0.273. The second kappa shape index (κ2) is 8.99. The van der Waals surface area contributed by atoms with E-state index in [1.807, 2.05) is 41.9 Å². The van der Waals surface area contributed by atoms with Crippen molar-refractivity contribution in [3.63, 3.8) is 0 Å². The molecule has 2 aromatic heterocycles. The molecular weight excluding hydrogens is 372 g/mol. The first-order valence-corrected chi connectivity index (χ1v) is 10.2. The molecule has 28 heavy (non-hydrogen) atoms. The molecule has 0 unspecified atom stereocenters. The summed E-state index contributed by atoms with van der Waals surface area (Å²) in [7, 11) is 0. The van der Waals surface area contributed by atoms with Crippen molar-refractivity contribution in [2.45, 2.75) is 26.8 Å². The first-order valence-electron chi connectivity index (χ1n) is 9.34. The number of rotatable bonds is 8. The van der Waals surface area contributed by atoms with Crippen LogP contribution in [0.25, 0.3) is 0 Å². The van der Waals surface area contributed by atoms with E-state index in [4.69, 9.17) is 4.74 Å². The summed E-state index contributed by atoms with van der Waals surface area (Å²) in [6, 6.07) is 14.3. The largest absolute Gasteiger partial charge is 0.462 e. The zero-order chi connectivity index (χ0) is 20.1. The van der Waals surface area contributed by atoms with E-state index in [1.54, 1.807) is 25.2 Å². The second-order valence-corrected chi connectivity index (χ2v) is 7.59. The lowest BCUT2D eigenvalue weighted by Gasteiger charge is -2.14. The Kier molecular flexibility index (Phi) is 6.44. The predicted molar refractivity (Wildman–Crippen MR) is 110 cm³/mol. The lowest BCUT2D eigenvalue weighted by atomic mass is 10.0. The summed E-state index contributed by atoms with van der Waals surface area (Å²) in [5.74, 6) is -0.534. The van der Waals surface area contributed by atoms with Crippen LogP contribution in [0.3, 0.4) is 0 Å². The van der Waals surface area contributed by atoms with Crippen LogP contribution in [-0.2, 0) is 4.74 Å². The first kappa shape index (κ1) is 20.0. The van der Waals surface area contributed by atoms with Crippen LogP contribution in [0, 0.1) is 13.8 Å². The molecule has 146 valence electrons. The number of H-pyrrole nitrogens is 1. The molecule has 0 saturated heterocycles. The summed E-state index contributed by atoms with van der Waals surface area (Å²) in [6.45, 7) is 5.88. The highest BCUT2D eigenvalue weighted by atomic mass is 32.1. The van der Waals surface area contributed by atoms with Crippen molar-refractivity contribution in [3.05, 3.63) is 80.8 Å². The number of aromatic amines is 1. The molecule has 0 amide bonds. The molecule has 0 saturated carbocycles. The van der Waals surface area contributed by atoms with Crippen molar-refractivity contribution >= 4 is 23.1 Å². The van der Waals surface area contributed by atoms with Gasteiger partial charge in [-0.1, -0.05) is 36.4 Å². The van der Waals surface area contributed by atoms with E-state index >= 15 is 0 Å². The van der Waals surface area contributed by atoms with Gasteiger partial charge in [0.2, 0.25) is 5.78 Å². The standard InChI is InChI=1S/C22H24N2O3S/c1-4-27-22(26)20-15(3)24-14(2)19(20)17(25)13-23-21(18-11-8-12-28-18)16-9-6-5-7-10-16/h5-12,21,23-24H,4,13H2,1-3H3/p+1/t21-/m1/s1. The Morgan fingerprint density at radius 1 is 1.07 bits per heavy atom. The van der Waals surface area contributed by atoms with Crippen LogP contribution in [0.15, 0.2) is 47.8 Å². The van der Waals surface area contributed by atoms with E-state index in [1.165, 1.54) is 4.88 Å². The minimum atomic E-state index is -0.453. The van der Waals surface area contributed by atoms with Crippen molar-refractivity contribution < 1.29 is 19.6 Å². The number of nitrogens with two attached hydrogens (primary N) is 1. The van der Waals surface area contributed by atoms with Crippen molar-refractivity contribution in [2.75, 3.05) is 13.2 Å². The van der Waals surface area contributed by atoms with Crippen molar-refractivity contribution in [3.8, 4) is 0 Å². The number of carbonyl (C=O) groups is 2. The van der Waals surface area contributed by atoms with Gasteiger partial charge in [0.25, 0.3) is 0 Å². The van der Waals surface area contributed by atoms with Gasteiger partial charge in [-0.2, -0.15) is 0 Å². The third-order valence-electron chi connectivity index (χ3n) is 4.68. The smallest absolute Gasteiger partial charge is 0.340 e. The van der Waals surface area contributed by atoms with Crippen molar-refractivity contribution in [1.29, 1.82) is 0 Å². The molecule has 1 atom stereocenters. The molecule has 0 spiro atoms. The average Bonchev–Trinajstić information content (AvgIpc) is 3.30. The van der Waals surface area contributed by atoms with Crippen LogP contribution in [-0.4, -0.2) is 29.9 Å². The molecule has 3 rings (SSSR count). The van der Waals surface area contributed by atoms with Gasteiger partial charge in [-0.15, -0.1) is 11.3 Å². The van der Waals surface area contributed by atoms with Gasteiger partial charge in [-0.05, 0) is 32.2 Å². The zero-order valence-electron chi connectivity index (χ0n) is 16.3. The maximum absolute atomic E-state index is 13.1. The highest BCUT2D eigenvalue weighted by Crippen LogP contribution is 2.23. The van der Waals surface area contributed by atoms with Crippen LogP contribution in [0.1, 0.15) is 55.5 Å².